The molecule has 0 amide bonds. The molecular formula is C14H21N3. The van der Waals surface area contributed by atoms with Crippen molar-refractivity contribution in [2.75, 3.05) is 19.6 Å². The molecule has 0 aromatic heterocycles. The molecule has 0 bridgehead atoms. The monoisotopic (exact) mass is 231 g/mol. The molecule has 0 saturated heterocycles. The van der Waals surface area contributed by atoms with Crippen LogP contribution in [0.1, 0.15) is 24.8 Å². The van der Waals surface area contributed by atoms with Crippen LogP contribution in [0.25, 0.3) is 0 Å². The van der Waals surface area contributed by atoms with E-state index < -0.39 is 0 Å². The van der Waals surface area contributed by atoms with Crippen molar-refractivity contribution in [1.29, 1.82) is 0 Å². The number of rotatable bonds is 4. The minimum atomic E-state index is 0.952. The Labute approximate surface area is 103 Å². The first kappa shape index (κ1) is 12.0. The highest BCUT2D eigenvalue weighted by atomic mass is 15.2. The zero-order chi connectivity index (χ0) is 11.8. The van der Waals surface area contributed by atoms with Gasteiger partial charge in [0.1, 0.15) is 0 Å². The van der Waals surface area contributed by atoms with Crippen molar-refractivity contribution in [3.05, 3.63) is 35.9 Å². The number of guanidine groups is 1. The lowest BCUT2D eigenvalue weighted by Crippen LogP contribution is -2.37. The van der Waals surface area contributed by atoms with E-state index in [0.29, 0.717) is 0 Å². The lowest BCUT2D eigenvalue weighted by atomic mass is 10.1. The summed E-state index contributed by atoms with van der Waals surface area (Å²) in [5.41, 5.74) is 1.41. The van der Waals surface area contributed by atoms with Crippen molar-refractivity contribution in [3.8, 4) is 0 Å². The summed E-state index contributed by atoms with van der Waals surface area (Å²) >= 11 is 0. The van der Waals surface area contributed by atoms with Gasteiger partial charge in [-0.1, -0.05) is 30.3 Å². The van der Waals surface area contributed by atoms with E-state index in [1.807, 2.05) is 0 Å². The molecule has 0 fully saturated rings. The highest BCUT2D eigenvalue weighted by Crippen LogP contribution is 2.01. The summed E-state index contributed by atoms with van der Waals surface area (Å²) in [5, 5.41) is 6.69. The van der Waals surface area contributed by atoms with Crippen LogP contribution >= 0.6 is 0 Å². The van der Waals surface area contributed by atoms with Gasteiger partial charge in [-0.15, -0.1) is 0 Å². The zero-order valence-corrected chi connectivity index (χ0v) is 10.3. The molecule has 3 nitrogen and oxygen atoms in total. The third-order valence-corrected chi connectivity index (χ3v) is 2.92. The average molecular weight is 231 g/mol. The molecule has 2 rings (SSSR count). The van der Waals surface area contributed by atoms with Crippen molar-refractivity contribution >= 4 is 5.96 Å². The number of nitrogens with zero attached hydrogens (tertiary/aromatic N) is 1. The molecule has 0 radical (unpaired) electrons. The van der Waals surface area contributed by atoms with Crippen LogP contribution in [0.15, 0.2) is 35.3 Å². The molecule has 3 heteroatoms. The van der Waals surface area contributed by atoms with Crippen LogP contribution in [0.4, 0.5) is 0 Å². The SMILES string of the molecule is c1ccc(CCCNC2=NCCCCN2)cc1. The largest absolute Gasteiger partial charge is 0.356 e. The Morgan fingerprint density at radius 1 is 1.18 bits per heavy atom. The number of hydrogen-bond acceptors (Lipinski definition) is 3. The molecule has 17 heavy (non-hydrogen) atoms. The van der Waals surface area contributed by atoms with Gasteiger partial charge < -0.3 is 10.6 Å². The molecule has 0 atom stereocenters. The number of aliphatic imine (C=N–C) groups is 1. The Balaban J connectivity index is 1.64. The van der Waals surface area contributed by atoms with Crippen LogP contribution in [0, 0.1) is 0 Å². The molecule has 0 unspecified atom stereocenters. The minimum Gasteiger partial charge on any atom is -0.356 e. The summed E-state index contributed by atoms with van der Waals surface area (Å²) in [6.45, 7) is 2.99. The van der Waals surface area contributed by atoms with Gasteiger partial charge in [0.2, 0.25) is 0 Å². The zero-order valence-electron chi connectivity index (χ0n) is 10.3. The minimum absolute atomic E-state index is 0.952. The molecule has 2 N–H and O–H groups in total. The fourth-order valence-electron chi connectivity index (χ4n) is 1.95. The predicted octanol–water partition coefficient (Wildman–Crippen LogP) is 1.95. The first-order valence-corrected chi connectivity index (χ1v) is 6.51. The van der Waals surface area contributed by atoms with Crippen LogP contribution in [-0.2, 0) is 6.42 Å². The van der Waals surface area contributed by atoms with Gasteiger partial charge in [-0.05, 0) is 31.2 Å². The van der Waals surface area contributed by atoms with Gasteiger partial charge in [-0.25, -0.2) is 0 Å². The molecule has 0 spiro atoms. The van der Waals surface area contributed by atoms with E-state index in [2.05, 4.69) is 46.0 Å². The molecule has 0 aliphatic carbocycles. The Hall–Kier alpha value is -1.51. The normalized spacial score (nSPS) is 15.6. The van der Waals surface area contributed by atoms with Crippen molar-refractivity contribution in [2.45, 2.75) is 25.7 Å². The van der Waals surface area contributed by atoms with Crippen molar-refractivity contribution in [1.82, 2.24) is 10.6 Å². The molecule has 1 aromatic carbocycles. The summed E-state index contributed by atoms with van der Waals surface area (Å²) in [5.74, 6) is 0.982. The first-order valence-electron chi connectivity index (χ1n) is 6.51. The van der Waals surface area contributed by atoms with Gasteiger partial charge in [-0.2, -0.15) is 0 Å². The van der Waals surface area contributed by atoms with E-state index in [1.54, 1.807) is 0 Å². The Morgan fingerprint density at radius 3 is 2.94 bits per heavy atom. The standard InChI is InChI=1S/C14H21N3/c1-2-7-13(8-3-1)9-6-12-17-14-15-10-4-5-11-16-14/h1-3,7-8H,4-6,9-12H2,(H2,15,16,17). The second kappa shape index (κ2) is 6.94. The third kappa shape index (κ3) is 4.47. The van der Waals surface area contributed by atoms with Gasteiger partial charge >= 0.3 is 0 Å². The smallest absolute Gasteiger partial charge is 0.191 e. The summed E-state index contributed by atoms with van der Waals surface area (Å²) < 4.78 is 0. The Kier molecular flexibility index (Phi) is 4.88. The average Bonchev–Trinajstić information content (AvgIpc) is 2.65. The maximum Gasteiger partial charge on any atom is 0.191 e. The summed E-state index contributed by atoms with van der Waals surface area (Å²) in [6, 6.07) is 10.6. The lowest BCUT2D eigenvalue weighted by molar-refractivity contribution is 0.729. The molecule has 1 aliphatic heterocycles. The molecule has 1 aliphatic rings. The van der Waals surface area contributed by atoms with Crippen LogP contribution in [-0.4, -0.2) is 25.6 Å². The molecular weight excluding hydrogens is 210 g/mol. The van der Waals surface area contributed by atoms with E-state index in [-0.39, 0.29) is 0 Å². The third-order valence-electron chi connectivity index (χ3n) is 2.92. The molecule has 92 valence electrons. The van der Waals surface area contributed by atoms with Gasteiger partial charge in [-0.3, -0.25) is 4.99 Å². The second-order valence-corrected chi connectivity index (χ2v) is 4.38. The van der Waals surface area contributed by atoms with Gasteiger partial charge in [0, 0.05) is 19.6 Å². The second-order valence-electron chi connectivity index (χ2n) is 4.38. The lowest BCUT2D eigenvalue weighted by Gasteiger charge is -2.09. The maximum atomic E-state index is 4.46. The van der Waals surface area contributed by atoms with Crippen molar-refractivity contribution in [3.63, 3.8) is 0 Å². The number of hydrogen-bond donors (Lipinski definition) is 2. The highest BCUT2D eigenvalue weighted by molar-refractivity contribution is 5.79. The van der Waals surface area contributed by atoms with Crippen molar-refractivity contribution < 1.29 is 0 Å². The Bertz CT molecular complexity index is 346. The van der Waals surface area contributed by atoms with E-state index in [0.717, 1.165) is 38.4 Å². The van der Waals surface area contributed by atoms with E-state index in [4.69, 9.17) is 0 Å². The van der Waals surface area contributed by atoms with Crippen molar-refractivity contribution in [2.24, 2.45) is 4.99 Å². The Morgan fingerprint density at radius 2 is 2.06 bits per heavy atom. The number of benzene rings is 1. The maximum absolute atomic E-state index is 4.46. The van der Waals surface area contributed by atoms with Gasteiger partial charge in [0.05, 0.1) is 0 Å². The van der Waals surface area contributed by atoms with Crippen LogP contribution in [0.2, 0.25) is 0 Å². The molecule has 1 aromatic rings. The number of nitrogens with one attached hydrogen (secondary N) is 2. The van der Waals surface area contributed by atoms with Gasteiger partial charge in [0.25, 0.3) is 0 Å². The topological polar surface area (TPSA) is 36.4 Å². The van der Waals surface area contributed by atoms with E-state index in [9.17, 15) is 0 Å². The van der Waals surface area contributed by atoms with Gasteiger partial charge in [0.15, 0.2) is 5.96 Å². The quantitative estimate of drug-likeness (QED) is 0.777. The summed E-state index contributed by atoms with van der Waals surface area (Å²) in [4.78, 5) is 4.46. The van der Waals surface area contributed by atoms with Crippen LogP contribution in [0.5, 0.6) is 0 Å². The summed E-state index contributed by atoms with van der Waals surface area (Å²) in [6.07, 6.45) is 4.69. The molecule has 1 heterocycles. The van der Waals surface area contributed by atoms with Crippen LogP contribution in [0.3, 0.4) is 0 Å². The highest BCUT2D eigenvalue weighted by Gasteiger charge is 2.01. The molecule has 0 saturated carbocycles. The fourth-order valence-corrected chi connectivity index (χ4v) is 1.95. The van der Waals surface area contributed by atoms with E-state index in [1.165, 1.54) is 18.4 Å². The first-order chi connectivity index (χ1) is 8.45. The van der Waals surface area contributed by atoms with E-state index >= 15 is 0 Å². The summed E-state index contributed by atoms with van der Waals surface area (Å²) in [7, 11) is 0. The van der Waals surface area contributed by atoms with Crippen LogP contribution < -0.4 is 10.6 Å². The predicted molar refractivity (Wildman–Crippen MR) is 72.3 cm³/mol. The fraction of sp³-hybridized carbons (Fsp3) is 0.500. The number of aryl methyl sites for hydroxylation is 1.